The molecular weight excluding hydrogens is 502 g/mol. The Labute approximate surface area is 226 Å². The highest BCUT2D eigenvalue weighted by Crippen LogP contribution is 2.38. The van der Waals surface area contributed by atoms with E-state index in [0.29, 0.717) is 29.3 Å². The van der Waals surface area contributed by atoms with Crippen LogP contribution in [0.5, 0.6) is 0 Å². The molecule has 4 rings (SSSR count). The van der Waals surface area contributed by atoms with Crippen molar-refractivity contribution < 1.29 is 19.1 Å². The van der Waals surface area contributed by atoms with Crippen molar-refractivity contribution in [1.82, 2.24) is 10.2 Å². The van der Waals surface area contributed by atoms with Gasteiger partial charge in [-0.15, -0.1) is 11.3 Å². The summed E-state index contributed by atoms with van der Waals surface area (Å²) in [5.74, 6) is -0.515. The lowest BCUT2D eigenvalue weighted by Crippen LogP contribution is -2.63. The minimum atomic E-state index is -1.01. The number of aromatic nitrogens is 1. The molecule has 2 aromatic heterocycles. The Morgan fingerprint density at radius 2 is 1.79 bits per heavy atom. The van der Waals surface area contributed by atoms with Crippen LogP contribution in [0.4, 0.5) is 15.5 Å². The van der Waals surface area contributed by atoms with Crippen LogP contribution in [0, 0.1) is 12.1 Å². The Kier molecular flexibility index (Phi) is 7.20. The van der Waals surface area contributed by atoms with Crippen LogP contribution >= 0.6 is 11.3 Å². The van der Waals surface area contributed by atoms with Crippen molar-refractivity contribution in [3.05, 3.63) is 70.0 Å². The Morgan fingerprint density at radius 3 is 2.45 bits per heavy atom. The third kappa shape index (κ3) is 5.50. The first-order valence-corrected chi connectivity index (χ1v) is 13.2. The first-order chi connectivity index (χ1) is 17.8. The van der Waals surface area contributed by atoms with Crippen LogP contribution in [-0.4, -0.2) is 41.4 Å². The molecule has 0 spiro atoms. The molecule has 1 aliphatic rings. The van der Waals surface area contributed by atoms with Crippen molar-refractivity contribution in [3.63, 3.8) is 0 Å². The molecule has 0 unspecified atom stereocenters. The van der Waals surface area contributed by atoms with E-state index in [2.05, 4.69) is 16.0 Å². The maximum Gasteiger partial charge on any atom is 0.324 e. The van der Waals surface area contributed by atoms with Crippen LogP contribution in [0.3, 0.4) is 0 Å². The number of thiophene rings is 1. The first kappa shape index (κ1) is 27.1. The molecule has 3 aromatic rings. The summed E-state index contributed by atoms with van der Waals surface area (Å²) in [6.45, 7) is 12.3. The number of aryl methyl sites for hydroxylation is 1. The van der Waals surface area contributed by atoms with Gasteiger partial charge in [-0.25, -0.2) is 4.79 Å². The van der Waals surface area contributed by atoms with E-state index in [9.17, 15) is 19.6 Å². The average molecular weight is 536 g/mol. The number of urea groups is 1. The molecule has 0 aliphatic carbocycles. The van der Waals surface area contributed by atoms with Gasteiger partial charge in [0.15, 0.2) is 12.4 Å². The van der Waals surface area contributed by atoms with E-state index >= 15 is 0 Å². The van der Waals surface area contributed by atoms with Crippen LogP contribution < -0.4 is 20.7 Å². The van der Waals surface area contributed by atoms with Gasteiger partial charge in [0.2, 0.25) is 5.91 Å². The van der Waals surface area contributed by atoms with Crippen molar-refractivity contribution in [2.45, 2.75) is 52.5 Å². The topological polar surface area (TPSA) is 117 Å². The van der Waals surface area contributed by atoms with E-state index in [1.165, 1.54) is 23.7 Å². The molecule has 200 valence electrons. The molecule has 0 radical (unpaired) electrons. The monoisotopic (exact) mass is 535 g/mol. The largest absolute Gasteiger partial charge is 0.619 e. The van der Waals surface area contributed by atoms with Gasteiger partial charge < -0.3 is 20.7 Å². The Balaban J connectivity index is 1.60. The molecule has 9 nitrogen and oxygen atoms in total. The molecule has 0 saturated carbocycles. The van der Waals surface area contributed by atoms with Gasteiger partial charge in [0.05, 0.1) is 5.56 Å². The summed E-state index contributed by atoms with van der Waals surface area (Å²) < 4.78 is 0.720. The number of benzene rings is 1. The maximum atomic E-state index is 13.7. The molecule has 3 N–H and O–H groups in total. The third-order valence-electron chi connectivity index (χ3n) is 6.63. The zero-order valence-electron chi connectivity index (χ0n) is 22.5. The lowest BCUT2D eigenvalue weighted by atomic mass is 9.93. The van der Waals surface area contributed by atoms with Crippen LogP contribution in [0.15, 0.2) is 48.8 Å². The van der Waals surface area contributed by atoms with Gasteiger partial charge in [0.1, 0.15) is 10.5 Å². The highest BCUT2D eigenvalue weighted by Gasteiger charge is 2.42. The average Bonchev–Trinajstić information content (AvgIpc) is 3.26. The van der Waals surface area contributed by atoms with Gasteiger partial charge in [-0.2, -0.15) is 4.73 Å². The van der Waals surface area contributed by atoms with E-state index in [1.807, 2.05) is 45.9 Å². The summed E-state index contributed by atoms with van der Waals surface area (Å²) in [5.41, 5.74) is 2.40. The maximum absolute atomic E-state index is 13.7. The normalized spacial score (nSPS) is 15.1. The van der Waals surface area contributed by atoms with Crippen molar-refractivity contribution in [2.24, 2.45) is 0 Å². The number of pyridine rings is 1. The van der Waals surface area contributed by atoms with Gasteiger partial charge in [0, 0.05) is 35.8 Å². The molecule has 1 saturated heterocycles. The summed E-state index contributed by atoms with van der Waals surface area (Å²) in [5, 5.41) is 20.4. The van der Waals surface area contributed by atoms with Gasteiger partial charge in [-0.1, -0.05) is 26.8 Å². The Bertz CT molecular complexity index is 1390. The van der Waals surface area contributed by atoms with Gasteiger partial charge in [0.25, 0.3) is 5.91 Å². The summed E-state index contributed by atoms with van der Waals surface area (Å²) in [6, 6.07) is 10.3. The number of anilines is 2. The number of hydrogen-bond donors (Lipinski definition) is 3. The van der Waals surface area contributed by atoms with E-state index < -0.39 is 11.6 Å². The third-order valence-corrected chi connectivity index (χ3v) is 8.11. The number of nitrogens with zero attached hydrogens (tertiary/aromatic N) is 2. The zero-order valence-corrected chi connectivity index (χ0v) is 23.3. The number of carbonyl (C=O) groups excluding carboxylic acids is 3. The fraction of sp³-hybridized carbons (Fsp3) is 0.357. The van der Waals surface area contributed by atoms with Crippen LogP contribution in [0.25, 0.3) is 11.1 Å². The van der Waals surface area contributed by atoms with Crippen LogP contribution in [0.2, 0.25) is 0 Å². The molecule has 0 atom stereocenters. The van der Waals surface area contributed by atoms with E-state index in [-0.39, 0.29) is 17.2 Å². The van der Waals surface area contributed by atoms with Crippen molar-refractivity contribution in [2.75, 3.05) is 23.7 Å². The number of piperazine rings is 1. The van der Waals surface area contributed by atoms with Gasteiger partial charge in [-0.3, -0.25) is 14.9 Å². The van der Waals surface area contributed by atoms with Gasteiger partial charge in [-0.05, 0) is 61.1 Å². The summed E-state index contributed by atoms with van der Waals surface area (Å²) >= 11 is 1.35. The predicted molar refractivity (Wildman–Crippen MR) is 149 cm³/mol. The molecule has 1 aromatic carbocycles. The van der Waals surface area contributed by atoms with Gasteiger partial charge >= 0.3 is 6.03 Å². The molecule has 38 heavy (non-hydrogen) atoms. The second-order valence-corrected chi connectivity index (χ2v) is 12.0. The lowest BCUT2D eigenvalue weighted by molar-refractivity contribution is -0.605. The summed E-state index contributed by atoms with van der Waals surface area (Å²) in [4.78, 5) is 41.7. The number of nitrogens with one attached hydrogen (secondary N) is 3. The van der Waals surface area contributed by atoms with Crippen LogP contribution in [0.1, 0.15) is 55.4 Å². The molecule has 1 fully saturated rings. The smallest absolute Gasteiger partial charge is 0.324 e. The molecule has 3 heterocycles. The van der Waals surface area contributed by atoms with E-state index in [0.717, 1.165) is 26.3 Å². The van der Waals surface area contributed by atoms with Crippen molar-refractivity contribution >= 4 is 39.9 Å². The molecule has 4 amide bonds. The molecule has 0 bridgehead atoms. The van der Waals surface area contributed by atoms with Crippen molar-refractivity contribution in [3.8, 4) is 11.1 Å². The summed E-state index contributed by atoms with van der Waals surface area (Å²) in [7, 11) is 0. The molecule has 1 aliphatic heterocycles. The molecule has 10 heteroatoms. The number of hydrogen-bond acceptors (Lipinski definition) is 5. The number of amides is 4. The second-order valence-electron chi connectivity index (χ2n) is 10.9. The Morgan fingerprint density at radius 1 is 1.11 bits per heavy atom. The minimum absolute atomic E-state index is 0.214. The number of rotatable bonds is 4. The lowest BCUT2D eigenvalue weighted by Gasteiger charge is -2.41. The van der Waals surface area contributed by atoms with Crippen LogP contribution in [-0.2, 0) is 10.2 Å². The standard InChI is InChI=1S/C28H33N5O4S/c1-17-7-8-19(15-20(17)18-9-12-32(37)13-10-18)30-26(36)31-23-21(16-22(38-23)27(2,3)4)24(34)33-14-11-29-25(35)28(33,5)6/h7-10,12-13,15-16H,11,14H2,1-6H3,(H,29,35)(H2,30,31,36). The Hall–Kier alpha value is -3.92. The summed E-state index contributed by atoms with van der Waals surface area (Å²) in [6.07, 6.45) is 2.86. The highest BCUT2D eigenvalue weighted by atomic mass is 32.1. The quantitative estimate of drug-likeness (QED) is 0.333. The SMILES string of the molecule is Cc1ccc(NC(=O)Nc2sc(C(C)(C)C)cc2C(=O)N2CCNC(=O)C2(C)C)cc1-c1cc[n+]([O-])cc1. The zero-order chi connectivity index (χ0) is 27.8. The minimum Gasteiger partial charge on any atom is -0.619 e. The fourth-order valence-electron chi connectivity index (χ4n) is 4.28. The second kappa shape index (κ2) is 10.1. The van der Waals surface area contributed by atoms with E-state index in [1.54, 1.807) is 36.9 Å². The highest BCUT2D eigenvalue weighted by molar-refractivity contribution is 7.16. The fourth-order valence-corrected chi connectivity index (χ4v) is 5.38. The van der Waals surface area contributed by atoms with Crippen molar-refractivity contribution in [1.29, 1.82) is 0 Å². The predicted octanol–water partition coefficient (Wildman–Crippen LogP) is 4.65. The number of carbonyl (C=O) groups is 3. The first-order valence-electron chi connectivity index (χ1n) is 12.4. The molecular formula is C28H33N5O4S. The van der Waals surface area contributed by atoms with E-state index in [4.69, 9.17) is 0 Å².